The predicted octanol–water partition coefficient (Wildman–Crippen LogP) is 1.47. The maximum atomic E-state index is 11.6. The highest BCUT2D eigenvalue weighted by molar-refractivity contribution is 7.91. The van der Waals surface area contributed by atoms with Crippen molar-refractivity contribution >= 4 is 15.9 Å². The van der Waals surface area contributed by atoms with Crippen LogP contribution in [0, 0.1) is 0 Å². The van der Waals surface area contributed by atoms with Gasteiger partial charge in [0.2, 0.25) is 0 Å². The molecule has 0 spiro atoms. The zero-order valence-electron chi connectivity index (χ0n) is 10.5. The highest BCUT2D eigenvalue weighted by atomic mass is 32.2. The van der Waals surface area contributed by atoms with Gasteiger partial charge in [0, 0.05) is 0 Å². The highest BCUT2D eigenvalue weighted by Crippen LogP contribution is 2.12. The Labute approximate surface area is 108 Å². The summed E-state index contributed by atoms with van der Waals surface area (Å²) in [6.07, 6.45) is 3.96. The van der Waals surface area contributed by atoms with Crippen LogP contribution in [0.5, 0.6) is 5.75 Å². The number of methoxy groups -OCH3 is 1. The number of nitrogens with two attached hydrogens (primary N) is 1. The minimum atomic E-state index is -3.02. The van der Waals surface area contributed by atoms with Crippen molar-refractivity contribution in [2.45, 2.75) is 6.42 Å². The molecular formula is C13H19NO3S. The number of rotatable bonds is 7. The molecule has 0 bridgehead atoms. The Morgan fingerprint density at radius 2 is 1.94 bits per heavy atom. The Bertz CT molecular complexity index is 477. The van der Waals surface area contributed by atoms with E-state index in [1.165, 1.54) is 0 Å². The third kappa shape index (κ3) is 5.33. The van der Waals surface area contributed by atoms with E-state index < -0.39 is 9.84 Å². The molecule has 0 fully saturated rings. The van der Waals surface area contributed by atoms with Gasteiger partial charge in [-0.1, -0.05) is 24.3 Å². The van der Waals surface area contributed by atoms with Gasteiger partial charge in [0.1, 0.15) is 5.75 Å². The number of sulfone groups is 1. The monoisotopic (exact) mass is 269 g/mol. The molecule has 0 amide bonds. The highest BCUT2D eigenvalue weighted by Gasteiger charge is 2.06. The van der Waals surface area contributed by atoms with Crippen LogP contribution >= 0.6 is 0 Å². The van der Waals surface area contributed by atoms with Crippen molar-refractivity contribution in [3.8, 4) is 5.75 Å². The van der Waals surface area contributed by atoms with Crippen LogP contribution in [0.15, 0.2) is 30.3 Å². The lowest BCUT2D eigenvalue weighted by atomic mass is 10.2. The number of hydrogen-bond acceptors (Lipinski definition) is 4. The van der Waals surface area contributed by atoms with Crippen LogP contribution in [0.4, 0.5) is 0 Å². The average molecular weight is 269 g/mol. The lowest BCUT2D eigenvalue weighted by Crippen LogP contribution is -2.13. The van der Waals surface area contributed by atoms with E-state index in [1.807, 2.05) is 24.3 Å². The van der Waals surface area contributed by atoms with Gasteiger partial charge in [-0.05, 0) is 30.7 Å². The first kappa shape index (κ1) is 14.7. The van der Waals surface area contributed by atoms with Crippen molar-refractivity contribution in [2.24, 2.45) is 5.73 Å². The minimum Gasteiger partial charge on any atom is -0.497 e. The second kappa shape index (κ2) is 7.18. The maximum Gasteiger partial charge on any atom is 0.153 e. The quantitative estimate of drug-likeness (QED) is 0.814. The molecule has 0 aliphatic carbocycles. The second-order valence-corrected chi connectivity index (χ2v) is 6.16. The van der Waals surface area contributed by atoms with E-state index in [9.17, 15) is 8.42 Å². The van der Waals surface area contributed by atoms with E-state index in [0.717, 1.165) is 11.3 Å². The van der Waals surface area contributed by atoms with Gasteiger partial charge in [0.15, 0.2) is 9.84 Å². The van der Waals surface area contributed by atoms with Gasteiger partial charge in [0.25, 0.3) is 0 Å². The number of benzene rings is 1. The van der Waals surface area contributed by atoms with Crippen LogP contribution in [0.3, 0.4) is 0 Å². The molecule has 4 nitrogen and oxygen atoms in total. The molecule has 100 valence electrons. The first-order chi connectivity index (χ1) is 8.57. The van der Waals surface area contributed by atoms with Crippen LogP contribution in [-0.4, -0.2) is 33.6 Å². The molecule has 1 aromatic carbocycles. The summed E-state index contributed by atoms with van der Waals surface area (Å²) in [5, 5.41) is 0. The summed E-state index contributed by atoms with van der Waals surface area (Å²) in [6, 6.07) is 7.43. The molecule has 1 rings (SSSR count). The Hall–Kier alpha value is -1.33. The summed E-state index contributed by atoms with van der Waals surface area (Å²) in [6.45, 7) is 0.404. The lowest BCUT2D eigenvalue weighted by molar-refractivity contribution is 0.415. The average Bonchev–Trinajstić information content (AvgIpc) is 2.37. The summed E-state index contributed by atoms with van der Waals surface area (Å²) in [7, 11) is -1.41. The van der Waals surface area contributed by atoms with Crippen molar-refractivity contribution in [2.75, 3.05) is 25.2 Å². The molecule has 0 aliphatic rings. The Balaban J connectivity index is 2.53. The molecular weight excluding hydrogens is 250 g/mol. The Morgan fingerprint density at radius 1 is 1.28 bits per heavy atom. The Kier molecular flexibility index (Phi) is 5.88. The smallest absolute Gasteiger partial charge is 0.153 e. The molecule has 0 saturated heterocycles. The number of hydrogen-bond donors (Lipinski definition) is 1. The van der Waals surface area contributed by atoms with Crippen molar-refractivity contribution < 1.29 is 13.2 Å². The standard InChI is InChI=1S/C13H19NO3S/c1-17-13-7-5-12(6-8-13)4-2-10-18(15,16)11-3-9-14/h2,4-8H,3,9-11,14H2,1H3. The molecule has 0 heterocycles. The number of ether oxygens (including phenoxy) is 1. The summed E-state index contributed by atoms with van der Waals surface area (Å²) >= 11 is 0. The van der Waals surface area contributed by atoms with Crippen LogP contribution < -0.4 is 10.5 Å². The van der Waals surface area contributed by atoms with E-state index in [2.05, 4.69) is 0 Å². The van der Waals surface area contributed by atoms with Crippen LogP contribution in [0.2, 0.25) is 0 Å². The zero-order chi connectivity index (χ0) is 13.4. The van der Waals surface area contributed by atoms with Gasteiger partial charge in [-0.2, -0.15) is 0 Å². The summed E-state index contributed by atoms with van der Waals surface area (Å²) in [5.41, 5.74) is 6.24. The van der Waals surface area contributed by atoms with Crippen LogP contribution in [0.1, 0.15) is 12.0 Å². The van der Waals surface area contributed by atoms with Gasteiger partial charge in [-0.3, -0.25) is 0 Å². The zero-order valence-corrected chi connectivity index (χ0v) is 11.3. The van der Waals surface area contributed by atoms with E-state index in [1.54, 1.807) is 19.3 Å². The van der Waals surface area contributed by atoms with Gasteiger partial charge in [-0.25, -0.2) is 8.42 Å². The fourth-order valence-corrected chi connectivity index (χ4v) is 2.60. The van der Waals surface area contributed by atoms with Crippen molar-refractivity contribution in [3.63, 3.8) is 0 Å². The minimum absolute atomic E-state index is 0.0546. The fourth-order valence-electron chi connectivity index (χ4n) is 1.43. The third-order valence-corrected chi connectivity index (χ3v) is 4.05. The van der Waals surface area contributed by atoms with E-state index in [-0.39, 0.29) is 11.5 Å². The van der Waals surface area contributed by atoms with Crippen molar-refractivity contribution in [3.05, 3.63) is 35.9 Å². The van der Waals surface area contributed by atoms with Crippen molar-refractivity contribution in [1.82, 2.24) is 0 Å². The molecule has 0 saturated carbocycles. The molecule has 18 heavy (non-hydrogen) atoms. The normalized spacial score (nSPS) is 11.9. The third-order valence-electron chi connectivity index (χ3n) is 2.44. The first-order valence-electron chi connectivity index (χ1n) is 5.78. The maximum absolute atomic E-state index is 11.6. The fraction of sp³-hybridized carbons (Fsp3) is 0.385. The van der Waals surface area contributed by atoms with Crippen molar-refractivity contribution in [1.29, 1.82) is 0 Å². The molecule has 1 aromatic rings. The van der Waals surface area contributed by atoms with Crippen LogP contribution in [0.25, 0.3) is 6.08 Å². The van der Waals surface area contributed by atoms with Crippen LogP contribution in [-0.2, 0) is 9.84 Å². The van der Waals surface area contributed by atoms with E-state index >= 15 is 0 Å². The largest absolute Gasteiger partial charge is 0.497 e. The molecule has 0 radical (unpaired) electrons. The van der Waals surface area contributed by atoms with Gasteiger partial charge in [-0.15, -0.1) is 0 Å². The molecule has 2 N–H and O–H groups in total. The van der Waals surface area contributed by atoms with Gasteiger partial charge in [0.05, 0.1) is 18.6 Å². The Morgan fingerprint density at radius 3 is 2.50 bits per heavy atom. The summed E-state index contributed by atoms with van der Waals surface area (Å²) < 4.78 is 28.1. The van der Waals surface area contributed by atoms with Gasteiger partial charge < -0.3 is 10.5 Å². The summed E-state index contributed by atoms with van der Waals surface area (Å²) in [4.78, 5) is 0. The molecule has 0 unspecified atom stereocenters. The predicted molar refractivity (Wildman–Crippen MR) is 74.4 cm³/mol. The topological polar surface area (TPSA) is 69.4 Å². The van der Waals surface area contributed by atoms with E-state index in [0.29, 0.717) is 13.0 Å². The lowest BCUT2D eigenvalue weighted by Gasteiger charge is -2.00. The summed E-state index contributed by atoms with van der Waals surface area (Å²) in [5.74, 6) is 0.984. The second-order valence-electron chi connectivity index (χ2n) is 3.93. The molecule has 0 aliphatic heterocycles. The molecule has 5 heteroatoms. The first-order valence-corrected chi connectivity index (χ1v) is 7.60. The SMILES string of the molecule is COc1ccc(C=CCS(=O)(=O)CCCN)cc1. The molecule has 0 aromatic heterocycles. The van der Waals surface area contributed by atoms with E-state index in [4.69, 9.17) is 10.5 Å². The molecule has 0 atom stereocenters. The van der Waals surface area contributed by atoms with Gasteiger partial charge >= 0.3 is 0 Å².